The van der Waals surface area contributed by atoms with Gasteiger partial charge in [0.2, 0.25) is 5.91 Å². The van der Waals surface area contributed by atoms with Gasteiger partial charge in [-0.1, -0.05) is 30.9 Å². The predicted molar refractivity (Wildman–Crippen MR) is 72.2 cm³/mol. The molecular formula is C12H14BrClN2O. The van der Waals surface area contributed by atoms with Crippen LogP contribution in [0.3, 0.4) is 0 Å². The third-order valence-corrected chi connectivity index (χ3v) is 4.17. The Morgan fingerprint density at radius 2 is 2.12 bits per heavy atom. The third-order valence-electron chi connectivity index (χ3n) is 3.04. The van der Waals surface area contributed by atoms with Crippen molar-refractivity contribution in [3.8, 4) is 0 Å². The summed E-state index contributed by atoms with van der Waals surface area (Å²) in [4.78, 5) is 16.0. The summed E-state index contributed by atoms with van der Waals surface area (Å²) >= 11 is 9.08. The molecular weight excluding hydrogens is 304 g/mol. The summed E-state index contributed by atoms with van der Waals surface area (Å²) in [6, 6.07) is 1.77. The van der Waals surface area contributed by atoms with Gasteiger partial charge in [0, 0.05) is 5.92 Å². The minimum Gasteiger partial charge on any atom is -0.324 e. The molecule has 1 amide bonds. The lowest BCUT2D eigenvalue weighted by atomic mass is 9.88. The Kier molecular flexibility index (Phi) is 4.40. The van der Waals surface area contributed by atoms with E-state index in [9.17, 15) is 4.79 Å². The second-order valence-electron chi connectivity index (χ2n) is 4.32. The van der Waals surface area contributed by atoms with Gasteiger partial charge in [-0.25, -0.2) is 4.98 Å². The number of amides is 1. The maximum absolute atomic E-state index is 12.0. The molecule has 1 aliphatic rings. The number of anilines is 1. The second-order valence-corrected chi connectivity index (χ2v) is 5.53. The molecule has 0 spiro atoms. The van der Waals surface area contributed by atoms with Crippen LogP contribution in [0.15, 0.2) is 16.7 Å². The maximum atomic E-state index is 12.0. The third kappa shape index (κ3) is 3.42. The molecule has 0 bridgehead atoms. The van der Waals surface area contributed by atoms with Crippen molar-refractivity contribution >= 4 is 39.1 Å². The van der Waals surface area contributed by atoms with E-state index in [1.165, 1.54) is 6.42 Å². The molecule has 0 atom stereocenters. The fourth-order valence-electron chi connectivity index (χ4n) is 2.10. The lowest BCUT2D eigenvalue weighted by molar-refractivity contribution is -0.120. The van der Waals surface area contributed by atoms with Gasteiger partial charge < -0.3 is 5.32 Å². The van der Waals surface area contributed by atoms with Crippen molar-refractivity contribution in [2.24, 2.45) is 5.92 Å². The van der Waals surface area contributed by atoms with E-state index in [-0.39, 0.29) is 11.8 Å². The number of aromatic nitrogens is 1. The SMILES string of the molecule is O=C(Nc1cnc(Cl)c(Br)c1)C1CCCCC1. The molecule has 92 valence electrons. The van der Waals surface area contributed by atoms with E-state index in [4.69, 9.17) is 11.6 Å². The van der Waals surface area contributed by atoms with Gasteiger partial charge in [0.25, 0.3) is 0 Å². The topological polar surface area (TPSA) is 42.0 Å². The first-order chi connectivity index (χ1) is 8.16. The highest BCUT2D eigenvalue weighted by Gasteiger charge is 2.21. The molecule has 1 aromatic heterocycles. The number of carbonyl (C=O) groups is 1. The number of hydrogen-bond acceptors (Lipinski definition) is 2. The lowest BCUT2D eigenvalue weighted by Gasteiger charge is -2.20. The second kappa shape index (κ2) is 5.83. The fourth-order valence-corrected chi connectivity index (χ4v) is 2.55. The molecule has 1 heterocycles. The van der Waals surface area contributed by atoms with Crippen molar-refractivity contribution in [1.82, 2.24) is 4.98 Å². The van der Waals surface area contributed by atoms with Crippen LogP contribution in [0.5, 0.6) is 0 Å². The van der Waals surface area contributed by atoms with Gasteiger partial charge in [-0.05, 0) is 34.8 Å². The zero-order valence-corrected chi connectivity index (χ0v) is 11.7. The molecule has 0 aliphatic heterocycles. The van der Waals surface area contributed by atoms with E-state index in [2.05, 4.69) is 26.2 Å². The highest BCUT2D eigenvalue weighted by atomic mass is 79.9. The number of halogens is 2. The van der Waals surface area contributed by atoms with Crippen LogP contribution in [-0.2, 0) is 4.79 Å². The maximum Gasteiger partial charge on any atom is 0.227 e. The average molecular weight is 318 g/mol. The number of rotatable bonds is 2. The molecule has 1 fully saturated rings. The van der Waals surface area contributed by atoms with E-state index in [0.717, 1.165) is 25.7 Å². The van der Waals surface area contributed by atoms with Crippen molar-refractivity contribution in [3.63, 3.8) is 0 Å². The van der Waals surface area contributed by atoms with Crippen LogP contribution in [0.4, 0.5) is 5.69 Å². The van der Waals surface area contributed by atoms with Crippen molar-refractivity contribution in [2.75, 3.05) is 5.32 Å². The molecule has 3 nitrogen and oxygen atoms in total. The molecule has 0 saturated heterocycles. The molecule has 0 radical (unpaired) electrons. The zero-order valence-electron chi connectivity index (χ0n) is 9.38. The van der Waals surface area contributed by atoms with Crippen LogP contribution >= 0.6 is 27.5 Å². The molecule has 0 unspecified atom stereocenters. The van der Waals surface area contributed by atoms with Crippen LogP contribution in [0, 0.1) is 5.92 Å². The largest absolute Gasteiger partial charge is 0.324 e. The van der Waals surface area contributed by atoms with Crippen molar-refractivity contribution in [1.29, 1.82) is 0 Å². The smallest absolute Gasteiger partial charge is 0.227 e. The highest BCUT2D eigenvalue weighted by Crippen LogP contribution is 2.26. The highest BCUT2D eigenvalue weighted by molar-refractivity contribution is 9.10. The minimum atomic E-state index is 0.0979. The lowest BCUT2D eigenvalue weighted by Crippen LogP contribution is -2.24. The summed E-state index contributed by atoms with van der Waals surface area (Å²) in [6.45, 7) is 0. The number of nitrogens with one attached hydrogen (secondary N) is 1. The minimum absolute atomic E-state index is 0.0979. The van der Waals surface area contributed by atoms with Crippen molar-refractivity contribution in [3.05, 3.63) is 21.9 Å². The van der Waals surface area contributed by atoms with Crippen LogP contribution in [-0.4, -0.2) is 10.9 Å². The van der Waals surface area contributed by atoms with Gasteiger partial charge in [0.15, 0.2) is 0 Å². The molecule has 1 N–H and O–H groups in total. The van der Waals surface area contributed by atoms with Crippen LogP contribution in [0.2, 0.25) is 5.15 Å². The standard InChI is InChI=1S/C12H14BrClN2O/c13-10-6-9(7-15-11(10)14)16-12(17)8-4-2-1-3-5-8/h6-8H,1-5H2,(H,16,17). The first-order valence-electron chi connectivity index (χ1n) is 5.79. The Balaban J connectivity index is 1.99. The number of carbonyl (C=O) groups excluding carboxylic acids is 1. The molecule has 1 saturated carbocycles. The monoisotopic (exact) mass is 316 g/mol. The Labute approximate surface area is 114 Å². The zero-order chi connectivity index (χ0) is 12.3. The van der Waals surface area contributed by atoms with Gasteiger partial charge in [-0.3, -0.25) is 4.79 Å². The summed E-state index contributed by atoms with van der Waals surface area (Å²) in [6.07, 6.45) is 7.12. The summed E-state index contributed by atoms with van der Waals surface area (Å²) in [5, 5.41) is 3.29. The number of nitrogens with zero attached hydrogens (tertiary/aromatic N) is 1. The summed E-state index contributed by atoms with van der Waals surface area (Å²) in [5.41, 5.74) is 0.692. The first-order valence-corrected chi connectivity index (χ1v) is 6.96. The van der Waals surface area contributed by atoms with E-state index in [0.29, 0.717) is 15.3 Å². The van der Waals surface area contributed by atoms with Crippen molar-refractivity contribution < 1.29 is 4.79 Å². The molecule has 17 heavy (non-hydrogen) atoms. The van der Waals surface area contributed by atoms with Crippen LogP contribution in [0.1, 0.15) is 32.1 Å². The summed E-state index contributed by atoms with van der Waals surface area (Å²) in [7, 11) is 0. The van der Waals surface area contributed by atoms with Gasteiger partial charge in [0.05, 0.1) is 16.4 Å². The van der Waals surface area contributed by atoms with Gasteiger partial charge >= 0.3 is 0 Å². The molecule has 1 aromatic rings. The van der Waals surface area contributed by atoms with Crippen molar-refractivity contribution in [2.45, 2.75) is 32.1 Å². The summed E-state index contributed by atoms with van der Waals surface area (Å²) < 4.78 is 0.695. The van der Waals surface area contributed by atoms with Gasteiger partial charge in [0.1, 0.15) is 5.15 Å². The van der Waals surface area contributed by atoms with E-state index < -0.39 is 0 Å². The quantitative estimate of drug-likeness (QED) is 0.837. The summed E-state index contributed by atoms with van der Waals surface area (Å²) in [5.74, 6) is 0.249. The number of pyridine rings is 1. The molecule has 2 rings (SSSR count). The average Bonchev–Trinajstić information content (AvgIpc) is 2.35. The van der Waals surface area contributed by atoms with Crippen LogP contribution < -0.4 is 5.32 Å². The number of hydrogen-bond donors (Lipinski definition) is 1. The molecule has 0 aromatic carbocycles. The van der Waals surface area contributed by atoms with Gasteiger partial charge in [-0.2, -0.15) is 0 Å². The van der Waals surface area contributed by atoms with E-state index in [1.54, 1.807) is 12.3 Å². The Morgan fingerprint density at radius 1 is 1.41 bits per heavy atom. The molecule has 5 heteroatoms. The Morgan fingerprint density at radius 3 is 2.76 bits per heavy atom. The van der Waals surface area contributed by atoms with E-state index in [1.807, 2.05) is 0 Å². The predicted octanol–water partition coefficient (Wildman–Crippen LogP) is 4.02. The van der Waals surface area contributed by atoms with Gasteiger partial charge in [-0.15, -0.1) is 0 Å². The normalized spacial score (nSPS) is 16.8. The first kappa shape index (κ1) is 12.8. The fraction of sp³-hybridized carbons (Fsp3) is 0.500. The Hall–Kier alpha value is -0.610. The van der Waals surface area contributed by atoms with E-state index >= 15 is 0 Å². The Bertz CT molecular complexity index is 419. The molecule has 1 aliphatic carbocycles. The van der Waals surface area contributed by atoms with Crippen LogP contribution in [0.25, 0.3) is 0 Å².